The fourth-order valence-corrected chi connectivity index (χ4v) is 2.24. The lowest BCUT2D eigenvalue weighted by Gasteiger charge is -2.09. The first-order valence-electron chi connectivity index (χ1n) is 5.48. The number of rotatable bonds is 4. The van der Waals surface area contributed by atoms with E-state index in [0.29, 0.717) is 0 Å². The molecule has 1 heterocycles. The van der Waals surface area contributed by atoms with Crippen LogP contribution < -0.4 is 5.73 Å². The summed E-state index contributed by atoms with van der Waals surface area (Å²) in [5.74, 6) is 0. The van der Waals surface area contributed by atoms with Gasteiger partial charge in [-0.05, 0) is 24.1 Å². The average molecular weight is 295 g/mol. The van der Waals surface area contributed by atoms with Gasteiger partial charge in [0.25, 0.3) is 0 Å². The van der Waals surface area contributed by atoms with Gasteiger partial charge < -0.3 is 5.73 Å². The van der Waals surface area contributed by atoms with E-state index in [1.54, 1.807) is 4.68 Å². The number of nitrogens with two attached hydrogens (primary N) is 1. The monoisotopic (exact) mass is 294 g/mol. The third-order valence-corrected chi connectivity index (χ3v) is 3.00. The number of hydrogen-bond acceptors (Lipinski definition) is 3. The molecule has 4 nitrogen and oxygen atoms in total. The van der Waals surface area contributed by atoms with Crippen LogP contribution in [0.1, 0.15) is 11.3 Å². The SMILES string of the molecule is Cn1cc(CC(N)Cc2cccc(Br)c2)nn1. The predicted octanol–water partition coefficient (Wildman–Crippen LogP) is 1.69. The molecule has 0 saturated heterocycles. The Morgan fingerprint density at radius 1 is 1.41 bits per heavy atom. The van der Waals surface area contributed by atoms with Crippen LogP contribution in [-0.2, 0) is 19.9 Å². The highest BCUT2D eigenvalue weighted by Crippen LogP contribution is 2.13. The minimum Gasteiger partial charge on any atom is -0.327 e. The number of benzene rings is 1. The highest BCUT2D eigenvalue weighted by atomic mass is 79.9. The molecule has 0 spiro atoms. The molecule has 0 fully saturated rings. The van der Waals surface area contributed by atoms with Crippen molar-refractivity contribution in [1.29, 1.82) is 0 Å². The van der Waals surface area contributed by atoms with Crippen LogP contribution in [-0.4, -0.2) is 21.0 Å². The van der Waals surface area contributed by atoms with Gasteiger partial charge in [-0.3, -0.25) is 4.68 Å². The first-order valence-corrected chi connectivity index (χ1v) is 6.28. The maximum atomic E-state index is 6.10. The summed E-state index contributed by atoms with van der Waals surface area (Å²) in [6.45, 7) is 0. The Bertz CT molecular complexity index is 495. The van der Waals surface area contributed by atoms with Gasteiger partial charge in [0.15, 0.2) is 0 Å². The second-order valence-corrected chi connectivity index (χ2v) is 5.10. The standard InChI is InChI=1S/C12H15BrN4/c1-17-8-12(15-16-17)7-11(14)6-9-3-2-4-10(13)5-9/h2-5,8,11H,6-7,14H2,1H3. The van der Waals surface area contributed by atoms with Crippen molar-refractivity contribution in [3.05, 3.63) is 46.2 Å². The van der Waals surface area contributed by atoms with E-state index in [1.807, 2.05) is 25.4 Å². The number of aromatic nitrogens is 3. The third kappa shape index (κ3) is 3.64. The summed E-state index contributed by atoms with van der Waals surface area (Å²) in [5.41, 5.74) is 8.28. The van der Waals surface area contributed by atoms with E-state index in [-0.39, 0.29) is 6.04 Å². The Morgan fingerprint density at radius 2 is 2.24 bits per heavy atom. The smallest absolute Gasteiger partial charge is 0.0842 e. The zero-order chi connectivity index (χ0) is 12.3. The van der Waals surface area contributed by atoms with E-state index >= 15 is 0 Å². The second kappa shape index (κ2) is 5.42. The lowest BCUT2D eigenvalue weighted by Crippen LogP contribution is -2.25. The number of aryl methyl sites for hydroxylation is 1. The van der Waals surface area contributed by atoms with Crippen molar-refractivity contribution < 1.29 is 0 Å². The topological polar surface area (TPSA) is 56.7 Å². The molecule has 0 aliphatic heterocycles. The predicted molar refractivity (Wildman–Crippen MR) is 70.5 cm³/mol. The Hall–Kier alpha value is -1.20. The zero-order valence-electron chi connectivity index (χ0n) is 9.68. The molecule has 0 saturated carbocycles. The average Bonchev–Trinajstić information content (AvgIpc) is 2.63. The van der Waals surface area contributed by atoms with E-state index in [0.717, 1.165) is 23.0 Å². The zero-order valence-corrected chi connectivity index (χ0v) is 11.3. The quantitative estimate of drug-likeness (QED) is 0.934. The molecule has 0 bridgehead atoms. The molecule has 1 unspecified atom stereocenters. The van der Waals surface area contributed by atoms with Crippen molar-refractivity contribution in [2.45, 2.75) is 18.9 Å². The first kappa shape index (κ1) is 12.3. The molecule has 0 radical (unpaired) electrons. The summed E-state index contributed by atoms with van der Waals surface area (Å²) in [6.07, 6.45) is 3.50. The van der Waals surface area contributed by atoms with E-state index in [1.165, 1.54) is 5.56 Å². The van der Waals surface area contributed by atoms with E-state index < -0.39 is 0 Å². The van der Waals surface area contributed by atoms with E-state index in [9.17, 15) is 0 Å². The van der Waals surface area contributed by atoms with Crippen LogP contribution in [0.2, 0.25) is 0 Å². The Balaban J connectivity index is 1.95. The molecule has 0 amide bonds. The third-order valence-electron chi connectivity index (χ3n) is 2.51. The molecule has 1 atom stereocenters. The van der Waals surface area contributed by atoms with Crippen LogP contribution in [0.15, 0.2) is 34.9 Å². The van der Waals surface area contributed by atoms with Crippen molar-refractivity contribution in [3.8, 4) is 0 Å². The lowest BCUT2D eigenvalue weighted by atomic mass is 10.0. The maximum absolute atomic E-state index is 6.10. The summed E-state index contributed by atoms with van der Waals surface area (Å²) in [7, 11) is 1.86. The summed E-state index contributed by atoms with van der Waals surface area (Å²) in [6, 6.07) is 8.28. The molecular formula is C12H15BrN4. The molecule has 2 aromatic rings. The van der Waals surface area contributed by atoms with Gasteiger partial charge in [-0.25, -0.2) is 0 Å². The molecule has 90 valence electrons. The van der Waals surface area contributed by atoms with Crippen molar-refractivity contribution in [2.75, 3.05) is 0 Å². The Morgan fingerprint density at radius 3 is 2.88 bits per heavy atom. The minimum absolute atomic E-state index is 0.0704. The van der Waals surface area contributed by atoms with Crippen molar-refractivity contribution in [1.82, 2.24) is 15.0 Å². The van der Waals surface area contributed by atoms with Crippen LogP contribution in [0.25, 0.3) is 0 Å². The van der Waals surface area contributed by atoms with Gasteiger partial charge in [-0.15, -0.1) is 5.10 Å². The van der Waals surface area contributed by atoms with Crippen LogP contribution in [0.5, 0.6) is 0 Å². The van der Waals surface area contributed by atoms with Gasteiger partial charge >= 0.3 is 0 Å². The molecule has 0 aliphatic rings. The maximum Gasteiger partial charge on any atom is 0.0842 e. The Labute approximate surface area is 109 Å². The van der Waals surface area contributed by atoms with Crippen LogP contribution in [0.3, 0.4) is 0 Å². The highest BCUT2D eigenvalue weighted by Gasteiger charge is 2.08. The van der Waals surface area contributed by atoms with Gasteiger partial charge in [0.2, 0.25) is 0 Å². The minimum atomic E-state index is 0.0704. The van der Waals surface area contributed by atoms with Gasteiger partial charge in [0.05, 0.1) is 5.69 Å². The fraction of sp³-hybridized carbons (Fsp3) is 0.333. The van der Waals surface area contributed by atoms with E-state index in [4.69, 9.17) is 5.73 Å². The number of nitrogens with zero attached hydrogens (tertiary/aromatic N) is 3. The molecule has 17 heavy (non-hydrogen) atoms. The molecule has 0 aliphatic carbocycles. The van der Waals surface area contributed by atoms with Crippen molar-refractivity contribution in [2.24, 2.45) is 12.8 Å². The van der Waals surface area contributed by atoms with E-state index in [2.05, 4.69) is 38.4 Å². The van der Waals surface area contributed by atoms with Gasteiger partial charge in [0, 0.05) is 30.2 Å². The first-order chi connectivity index (χ1) is 8.13. The second-order valence-electron chi connectivity index (χ2n) is 4.18. The highest BCUT2D eigenvalue weighted by molar-refractivity contribution is 9.10. The van der Waals surface area contributed by atoms with Crippen LogP contribution >= 0.6 is 15.9 Å². The molecule has 2 N–H and O–H groups in total. The fourth-order valence-electron chi connectivity index (χ4n) is 1.80. The summed E-state index contributed by atoms with van der Waals surface area (Å²) >= 11 is 3.46. The Kier molecular flexibility index (Phi) is 3.91. The normalized spacial score (nSPS) is 12.6. The lowest BCUT2D eigenvalue weighted by molar-refractivity contribution is 0.651. The molecular weight excluding hydrogens is 280 g/mol. The van der Waals surface area contributed by atoms with Crippen molar-refractivity contribution >= 4 is 15.9 Å². The van der Waals surface area contributed by atoms with Gasteiger partial charge in [-0.1, -0.05) is 33.3 Å². The van der Waals surface area contributed by atoms with Crippen molar-refractivity contribution in [3.63, 3.8) is 0 Å². The largest absolute Gasteiger partial charge is 0.327 e. The summed E-state index contributed by atoms with van der Waals surface area (Å²) in [5, 5.41) is 7.93. The molecule has 2 rings (SSSR count). The van der Waals surface area contributed by atoms with Crippen LogP contribution in [0, 0.1) is 0 Å². The number of halogens is 1. The molecule has 1 aromatic heterocycles. The number of hydrogen-bond donors (Lipinski definition) is 1. The van der Waals surface area contributed by atoms with Gasteiger partial charge in [-0.2, -0.15) is 0 Å². The summed E-state index contributed by atoms with van der Waals surface area (Å²) < 4.78 is 2.78. The molecule has 5 heteroatoms. The van der Waals surface area contributed by atoms with Crippen LogP contribution in [0.4, 0.5) is 0 Å². The molecule has 1 aromatic carbocycles. The summed E-state index contributed by atoms with van der Waals surface area (Å²) in [4.78, 5) is 0. The van der Waals surface area contributed by atoms with Gasteiger partial charge in [0.1, 0.15) is 0 Å².